The first-order valence-corrected chi connectivity index (χ1v) is 5.95. The highest BCUT2D eigenvalue weighted by atomic mass is 32.2. The molecule has 3 heteroatoms. The molecule has 1 nitrogen and oxygen atoms in total. The molecule has 1 heterocycles. The van der Waals surface area contributed by atoms with Crippen molar-refractivity contribution < 1.29 is 4.39 Å². The van der Waals surface area contributed by atoms with Gasteiger partial charge in [-0.3, -0.25) is 0 Å². The van der Waals surface area contributed by atoms with Crippen LogP contribution in [0.2, 0.25) is 0 Å². The van der Waals surface area contributed by atoms with E-state index in [1.807, 2.05) is 24.3 Å². The molecular formula is C11H14FNS. The van der Waals surface area contributed by atoms with Gasteiger partial charge in [0.05, 0.1) is 0 Å². The van der Waals surface area contributed by atoms with Gasteiger partial charge in [0.1, 0.15) is 5.67 Å². The number of para-hydroxylation sites is 1. The topological polar surface area (TPSA) is 26.0 Å². The molecule has 1 aromatic rings. The summed E-state index contributed by atoms with van der Waals surface area (Å²) in [5.41, 5.74) is 6.41. The molecule has 0 radical (unpaired) electrons. The molecule has 0 spiro atoms. The molecular weight excluding hydrogens is 197 g/mol. The lowest BCUT2D eigenvalue weighted by molar-refractivity contribution is 0.199. The van der Waals surface area contributed by atoms with Crippen molar-refractivity contribution >= 4 is 17.4 Å². The molecule has 0 aromatic heterocycles. The Kier molecular flexibility index (Phi) is 2.68. The summed E-state index contributed by atoms with van der Waals surface area (Å²) >= 11 is 1.69. The van der Waals surface area contributed by atoms with Crippen LogP contribution in [0.25, 0.3) is 0 Å². The van der Waals surface area contributed by atoms with Crippen molar-refractivity contribution in [2.24, 2.45) is 0 Å². The molecule has 1 aliphatic heterocycles. The SMILES string of the molecule is Nc1ccccc1CC1(F)CCSC1. The van der Waals surface area contributed by atoms with Gasteiger partial charge in [0, 0.05) is 17.9 Å². The van der Waals surface area contributed by atoms with Crippen LogP contribution in [0.1, 0.15) is 12.0 Å². The maximum absolute atomic E-state index is 14.1. The van der Waals surface area contributed by atoms with Crippen LogP contribution in [0.3, 0.4) is 0 Å². The van der Waals surface area contributed by atoms with E-state index in [2.05, 4.69) is 0 Å². The van der Waals surface area contributed by atoms with E-state index in [-0.39, 0.29) is 0 Å². The fourth-order valence-electron chi connectivity index (χ4n) is 1.76. The van der Waals surface area contributed by atoms with Gasteiger partial charge in [-0.25, -0.2) is 4.39 Å². The quantitative estimate of drug-likeness (QED) is 0.761. The van der Waals surface area contributed by atoms with E-state index < -0.39 is 5.67 Å². The number of halogens is 1. The normalized spacial score (nSPS) is 26.6. The summed E-state index contributed by atoms with van der Waals surface area (Å²) < 4.78 is 14.1. The van der Waals surface area contributed by atoms with E-state index in [0.717, 1.165) is 11.3 Å². The second-order valence-corrected chi connectivity index (χ2v) is 4.93. The summed E-state index contributed by atoms with van der Waals surface area (Å²) in [5, 5.41) is 0. The van der Waals surface area contributed by atoms with Crippen LogP contribution in [-0.4, -0.2) is 17.2 Å². The minimum atomic E-state index is -1.03. The minimum absolute atomic E-state index is 0.465. The monoisotopic (exact) mass is 211 g/mol. The Morgan fingerprint density at radius 3 is 2.86 bits per heavy atom. The highest BCUT2D eigenvalue weighted by molar-refractivity contribution is 7.99. The standard InChI is InChI=1S/C11H14FNS/c12-11(5-6-14-8-11)7-9-3-1-2-4-10(9)13/h1-4H,5-8,13H2. The number of hydrogen-bond acceptors (Lipinski definition) is 2. The van der Waals surface area contributed by atoms with E-state index in [1.165, 1.54) is 0 Å². The Balaban J connectivity index is 2.14. The third-order valence-corrected chi connectivity index (χ3v) is 3.83. The second kappa shape index (κ2) is 3.81. The van der Waals surface area contributed by atoms with Gasteiger partial charge >= 0.3 is 0 Å². The van der Waals surface area contributed by atoms with Crippen molar-refractivity contribution in [3.63, 3.8) is 0 Å². The first-order valence-electron chi connectivity index (χ1n) is 4.80. The first kappa shape index (κ1) is 9.84. The van der Waals surface area contributed by atoms with Crippen LogP contribution < -0.4 is 5.73 Å². The van der Waals surface area contributed by atoms with E-state index >= 15 is 0 Å². The van der Waals surface area contributed by atoms with Crippen LogP contribution in [0.4, 0.5) is 10.1 Å². The zero-order valence-electron chi connectivity index (χ0n) is 8.00. The van der Waals surface area contributed by atoms with Crippen molar-refractivity contribution in [2.75, 3.05) is 17.2 Å². The molecule has 2 N–H and O–H groups in total. The molecule has 1 saturated heterocycles. The molecule has 1 fully saturated rings. The molecule has 1 aliphatic rings. The molecule has 1 unspecified atom stereocenters. The Morgan fingerprint density at radius 2 is 2.21 bits per heavy atom. The lowest BCUT2D eigenvalue weighted by atomic mass is 9.95. The number of thioether (sulfide) groups is 1. The number of benzene rings is 1. The average Bonchev–Trinajstić information content (AvgIpc) is 2.57. The van der Waals surface area contributed by atoms with Crippen molar-refractivity contribution in [1.82, 2.24) is 0 Å². The fourth-order valence-corrected chi connectivity index (χ4v) is 3.02. The van der Waals surface area contributed by atoms with Gasteiger partial charge < -0.3 is 5.73 Å². The number of rotatable bonds is 2. The zero-order valence-corrected chi connectivity index (χ0v) is 8.82. The molecule has 14 heavy (non-hydrogen) atoms. The van der Waals surface area contributed by atoms with Gasteiger partial charge in [-0.2, -0.15) is 11.8 Å². The Labute approximate surface area is 87.9 Å². The Hall–Kier alpha value is -0.700. The van der Waals surface area contributed by atoms with Crippen molar-refractivity contribution in [1.29, 1.82) is 0 Å². The van der Waals surface area contributed by atoms with Gasteiger partial charge in [0.2, 0.25) is 0 Å². The highest BCUT2D eigenvalue weighted by Gasteiger charge is 2.34. The highest BCUT2D eigenvalue weighted by Crippen LogP contribution is 2.35. The van der Waals surface area contributed by atoms with Crippen LogP contribution in [0.15, 0.2) is 24.3 Å². The number of nitrogen functional groups attached to an aromatic ring is 1. The van der Waals surface area contributed by atoms with Crippen LogP contribution in [-0.2, 0) is 6.42 Å². The number of alkyl halides is 1. The van der Waals surface area contributed by atoms with Crippen LogP contribution in [0, 0.1) is 0 Å². The maximum Gasteiger partial charge on any atom is 0.124 e. The third-order valence-electron chi connectivity index (χ3n) is 2.62. The maximum atomic E-state index is 14.1. The van der Waals surface area contributed by atoms with Gasteiger partial charge in [-0.1, -0.05) is 18.2 Å². The van der Waals surface area contributed by atoms with Crippen molar-refractivity contribution in [2.45, 2.75) is 18.5 Å². The molecule has 0 aliphatic carbocycles. The summed E-state index contributed by atoms with van der Waals surface area (Å²) in [6.45, 7) is 0. The lowest BCUT2D eigenvalue weighted by Gasteiger charge is -2.18. The first-order chi connectivity index (χ1) is 6.70. The molecule has 1 atom stereocenters. The lowest BCUT2D eigenvalue weighted by Crippen LogP contribution is -2.25. The summed E-state index contributed by atoms with van der Waals surface area (Å²) in [6, 6.07) is 7.55. The molecule has 0 saturated carbocycles. The van der Waals surface area contributed by atoms with Crippen molar-refractivity contribution in [3.8, 4) is 0 Å². The number of hydrogen-bond donors (Lipinski definition) is 1. The second-order valence-electron chi connectivity index (χ2n) is 3.83. The predicted octanol–water partition coefficient (Wildman–Crippen LogP) is 2.66. The molecule has 0 amide bonds. The fraction of sp³-hybridized carbons (Fsp3) is 0.455. The molecule has 1 aromatic carbocycles. The van der Waals surface area contributed by atoms with Gasteiger partial charge in [-0.15, -0.1) is 0 Å². The van der Waals surface area contributed by atoms with E-state index in [0.29, 0.717) is 24.3 Å². The molecule has 0 bridgehead atoms. The third kappa shape index (κ3) is 2.03. The summed E-state index contributed by atoms with van der Waals surface area (Å²) in [4.78, 5) is 0. The smallest absolute Gasteiger partial charge is 0.124 e. The molecule has 2 rings (SSSR count). The van der Waals surface area contributed by atoms with Gasteiger partial charge in [0.25, 0.3) is 0 Å². The summed E-state index contributed by atoms with van der Waals surface area (Å²) in [6.07, 6.45) is 1.12. The minimum Gasteiger partial charge on any atom is -0.399 e. The predicted molar refractivity (Wildman–Crippen MR) is 60.3 cm³/mol. The largest absolute Gasteiger partial charge is 0.399 e. The summed E-state index contributed by atoms with van der Waals surface area (Å²) in [7, 11) is 0. The van der Waals surface area contributed by atoms with Gasteiger partial charge in [-0.05, 0) is 23.8 Å². The number of nitrogens with two attached hydrogens (primary N) is 1. The average molecular weight is 211 g/mol. The van der Waals surface area contributed by atoms with E-state index in [4.69, 9.17) is 5.73 Å². The van der Waals surface area contributed by atoms with Crippen molar-refractivity contribution in [3.05, 3.63) is 29.8 Å². The Bertz CT molecular complexity index is 321. The van der Waals surface area contributed by atoms with Gasteiger partial charge in [0.15, 0.2) is 0 Å². The van der Waals surface area contributed by atoms with Crippen LogP contribution in [0.5, 0.6) is 0 Å². The van der Waals surface area contributed by atoms with E-state index in [9.17, 15) is 4.39 Å². The number of anilines is 1. The van der Waals surface area contributed by atoms with Crippen LogP contribution >= 0.6 is 11.8 Å². The molecule has 76 valence electrons. The van der Waals surface area contributed by atoms with E-state index in [1.54, 1.807) is 11.8 Å². The Morgan fingerprint density at radius 1 is 1.43 bits per heavy atom. The zero-order chi connectivity index (χ0) is 10.0. The summed E-state index contributed by atoms with van der Waals surface area (Å²) in [5.74, 6) is 1.55.